The van der Waals surface area contributed by atoms with E-state index in [2.05, 4.69) is 20.6 Å². The fraction of sp³-hybridized carbons (Fsp3) is 0.238. The Balaban J connectivity index is 0.00000181. The number of aromatic nitrogens is 4. The van der Waals surface area contributed by atoms with Gasteiger partial charge in [0.25, 0.3) is 0 Å². The molecule has 3 N–H and O–H groups in total. The maximum atomic E-state index is 12.5. The molecule has 0 fully saturated rings. The SMILES string of the molecule is CC(C)(Nc1nc(-c2c[nH]c3ncc(Cl)cc23)nc2ccccc12)C(=O)NCCF.[HH].[HH]. The summed E-state index contributed by atoms with van der Waals surface area (Å²) in [7, 11) is 0. The van der Waals surface area contributed by atoms with Gasteiger partial charge in [0.05, 0.1) is 10.5 Å². The summed E-state index contributed by atoms with van der Waals surface area (Å²) >= 11 is 6.12. The fourth-order valence-corrected chi connectivity index (χ4v) is 3.35. The molecule has 4 aromatic rings. The highest BCUT2D eigenvalue weighted by atomic mass is 35.5. The first-order valence-electron chi connectivity index (χ1n) is 9.41. The molecule has 1 aromatic carbocycles. The van der Waals surface area contributed by atoms with Gasteiger partial charge < -0.3 is 15.6 Å². The molecule has 0 spiro atoms. The summed E-state index contributed by atoms with van der Waals surface area (Å²) in [5.74, 6) is 0.638. The summed E-state index contributed by atoms with van der Waals surface area (Å²) < 4.78 is 12.5. The molecular formula is C21H24ClFN6O. The van der Waals surface area contributed by atoms with Crippen LogP contribution in [0.2, 0.25) is 5.02 Å². The minimum absolute atomic E-state index is 0. The van der Waals surface area contributed by atoms with E-state index in [4.69, 9.17) is 21.6 Å². The Morgan fingerprint density at radius 2 is 2.07 bits per heavy atom. The van der Waals surface area contributed by atoms with Gasteiger partial charge in [-0.05, 0) is 32.0 Å². The summed E-state index contributed by atoms with van der Waals surface area (Å²) in [5, 5.41) is 7.83. The minimum Gasteiger partial charge on any atom is -0.356 e. The number of hydrogen-bond donors (Lipinski definition) is 3. The predicted octanol–water partition coefficient (Wildman–Crippen LogP) is 4.59. The Hall–Kier alpha value is -3.26. The lowest BCUT2D eigenvalue weighted by molar-refractivity contribution is -0.124. The lowest BCUT2D eigenvalue weighted by Gasteiger charge is -2.26. The number of nitrogens with zero attached hydrogens (tertiary/aromatic N) is 3. The van der Waals surface area contributed by atoms with Gasteiger partial charge in [-0.3, -0.25) is 4.79 Å². The average Bonchev–Trinajstić information content (AvgIpc) is 3.14. The van der Waals surface area contributed by atoms with Crippen molar-refractivity contribution in [3.8, 4) is 11.4 Å². The highest BCUT2D eigenvalue weighted by Gasteiger charge is 2.28. The molecule has 0 bridgehead atoms. The van der Waals surface area contributed by atoms with Crippen LogP contribution in [-0.2, 0) is 4.79 Å². The molecule has 3 heterocycles. The molecule has 158 valence electrons. The number of halogens is 2. The van der Waals surface area contributed by atoms with Crippen LogP contribution < -0.4 is 10.6 Å². The number of para-hydroxylation sites is 1. The van der Waals surface area contributed by atoms with Crippen LogP contribution in [0.4, 0.5) is 10.2 Å². The van der Waals surface area contributed by atoms with Crippen molar-refractivity contribution in [2.75, 3.05) is 18.5 Å². The first-order valence-corrected chi connectivity index (χ1v) is 9.79. The van der Waals surface area contributed by atoms with Crippen molar-refractivity contribution in [1.29, 1.82) is 0 Å². The molecule has 0 saturated carbocycles. The lowest BCUT2D eigenvalue weighted by Crippen LogP contribution is -2.48. The van der Waals surface area contributed by atoms with Crippen LogP contribution in [-0.4, -0.2) is 44.6 Å². The largest absolute Gasteiger partial charge is 0.356 e. The van der Waals surface area contributed by atoms with E-state index in [0.29, 0.717) is 27.8 Å². The van der Waals surface area contributed by atoms with Crippen molar-refractivity contribution >= 4 is 45.3 Å². The second-order valence-electron chi connectivity index (χ2n) is 7.36. The highest BCUT2D eigenvalue weighted by Crippen LogP contribution is 2.31. The number of hydrogen-bond acceptors (Lipinski definition) is 5. The van der Waals surface area contributed by atoms with Crippen molar-refractivity contribution in [2.24, 2.45) is 0 Å². The van der Waals surface area contributed by atoms with E-state index in [-0.39, 0.29) is 15.3 Å². The number of anilines is 1. The zero-order chi connectivity index (χ0) is 21.3. The molecule has 0 atom stereocenters. The second-order valence-corrected chi connectivity index (χ2v) is 7.80. The van der Waals surface area contributed by atoms with E-state index < -0.39 is 12.2 Å². The molecule has 0 radical (unpaired) electrons. The van der Waals surface area contributed by atoms with Crippen molar-refractivity contribution in [2.45, 2.75) is 19.4 Å². The summed E-state index contributed by atoms with van der Waals surface area (Å²) in [6.07, 6.45) is 3.35. The minimum atomic E-state index is -1.02. The van der Waals surface area contributed by atoms with Crippen LogP contribution >= 0.6 is 11.6 Å². The number of alkyl halides is 1. The molecule has 0 aliphatic rings. The van der Waals surface area contributed by atoms with Crippen LogP contribution in [0.1, 0.15) is 16.7 Å². The number of aromatic amines is 1. The average molecular weight is 431 g/mol. The smallest absolute Gasteiger partial charge is 0.245 e. The van der Waals surface area contributed by atoms with Gasteiger partial charge in [-0.2, -0.15) is 0 Å². The van der Waals surface area contributed by atoms with Crippen molar-refractivity contribution in [1.82, 2.24) is 25.3 Å². The summed E-state index contributed by atoms with van der Waals surface area (Å²) in [4.78, 5) is 29.3. The summed E-state index contributed by atoms with van der Waals surface area (Å²) in [6, 6.07) is 9.32. The highest BCUT2D eigenvalue weighted by molar-refractivity contribution is 6.31. The van der Waals surface area contributed by atoms with Crippen LogP contribution in [0.15, 0.2) is 42.7 Å². The van der Waals surface area contributed by atoms with Crippen LogP contribution in [0.5, 0.6) is 0 Å². The topological polar surface area (TPSA) is 95.6 Å². The Morgan fingerprint density at radius 3 is 2.87 bits per heavy atom. The molecule has 0 aliphatic heterocycles. The van der Waals surface area contributed by atoms with Gasteiger partial charge >= 0.3 is 0 Å². The number of H-pyrrole nitrogens is 1. The number of carbonyl (C=O) groups excluding carboxylic acids is 1. The zero-order valence-corrected chi connectivity index (χ0v) is 17.2. The molecular weight excluding hydrogens is 407 g/mol. The molecule has 1 amide bonds. The Morgan fingerprint density at radius 1 is 1.27 bits per heavy atom. The number of rotatable bonds is 6. The van der Waals surface area contributed by atoms with E-state index in [9.17, 15) is 9.18 Å². The van der Waals surface area contributed by atoms with Gasteiger partial charge in [-0.15, -0.1) is 0 Å². The van der Waals surface area contributed by atoms with E-state index in [1.807, 2.05) is 24.3 Å². The number of fused-ring (bicyclic) bond motifs is 2. The Kier molecular flexibility index (Phi) is 5.26. The van der Waals surface area contributed by atoms with E-state index in [1.54, 1.807) is 32.3 Å². The lowest BCUT2D eigenvalue weighted by atomic mass is 10.0. The number of benzene rings is 1. The molecule has 7 nitrogen and oxygen atoms in total. The van der Waals surface area contributed by atoms with Crippen molar-refractivity contribution in [3.05, 3.63) is 47.7 Å². The van der Waals surface area contributed by atoms with Crippen LogP contribution in [0.25, 0.3) is 33.3 Å². The molecule has 0 unspecified atom stereocenters. The molecule has 0 aliphatic carbocycles. The first-order chi connectivity index (χ1) is 14.4. The molecule has 30 heavy (non-hydrogen) atoms. The monoisotopic (exact) mass is 430 g/mol. The summed E-state index contributed by atoms with van der Waals surface area (Å²) in [5.41, 5.74) is 1.11. The molecule has 0 saturated heterocycles. The first kappa shape index (κ1) is 20.0. The van der Waals surface area contributed by atoms with Crippen molar-refractivity contribution in [3.63, 3.8) is 0 Å². The van der Waals surface area contributed by atoms with Gasteiger partial charge in [0.2, 0.25) is 5.91 Å². The number of pyridine rings is 1. The van der Waals surface area contributed by atoms with Gasteiger partial charge in [0.15, 0.2) is 5.82 Å². The third kappa shape index (κ3) is 3.78. The summed E-state index contributed by atoms with van der Waals surface area (Å²) in [6.45, 7) is 2.77. The molecule has 9 heteroatoms. The fourth-order valence-electron chi connectivity index (χ4n) is 3.19. The third-order valence-electron chi connectivity index (χ3n) is 4.72. The van der Waals surface area contributed by atoms with Crippen molar-refractivity contribution < 1.29 is 12.0 Å². The van der Waals surface area contributed by atoms with Crippen LogP contribution in [0.3, 0.4) is 0 Å². The number of amides is 1. The third-order valence-corrected chi connectivity index (χ3v) is 4.93. The molecule has 4 rings (SSSR count). The normalized spacial score (nSPS) is 11.7. The van der Waals surface area contributed by atoms with Gasteiger partial charge in [0.1, 0.15) is 23.7 Å². The quantitative estimate of drug-likeness (QED) is 0.415. The van der Waals surface area contributed by atoms with Gasteiger partial charge in [-0.25, -0.2) is 19.3 Å². The zero-order valence-electron chi connectivity index (χ0n) is 16.5. The Labute approximate surface area is 180 Å². The molecule has 3 aromatic heterocycles. The predicted molar refractivity (Wildman–Crippen MR) is 121 cm³/mol. The van der Waals surface area contributed by atoms with E-state index >= 15 is 0 Å². The van der Waals surface area contributed by atoms with E-state index in [0.717, 1.165) is 16.3 Å². The maximum Gasteiger partial charge on any atom is 0.245 e. The number of nitrogens with one attached hydrogen (secondary N) is 3. The maximum absolute atomic E-state index is 12.5. The van der Waals surface area contributed by atoms with Crippen LogP contribution in [0, 0.1) is 0 Å². The number of carbonyl (C=O) groups is 1. The standard InChI is InChI=1S/C21H20ClFN6O.2H2/c1-21(2,20(30)24-8-7-23)29-19-13-5-3-4-6-16(13)27-18(28-19)15-11-26-17-14(15)9-12(22)10-25-17;;/h3-6,9-11H,7-8H2,1-2H3,(H,24,30)(H,25,26)(H,27,28,29);2*1H. The second kappa shape index (κ2) is 7.87. The van der Waals surface area contributed by atoms with Gasteiger partial charge in [-0.1, -0.05) is 23.7 Å². The Bertz CT molecular complexity index is 1250. The van der Waals surface area contributed by atoms with Gasteiger partial charge in [0, 0.05) is 38.1 Å². The van der Waals surface area contributed by atoms with E-state index in [1.165, 1.54) is 0 Å².